The summed E-state index contributed by atoms with van der Waals surface area (Å²) in [4.78, 5) is 37.9. The summed E-state index contributed by atoms with van der Waals surface area (Å²) in [5.74, 6) is -0.414. The summed E-state index contributed by atoms with van der Waals surface area (Å²) in [5, 5.41) is 6.64. The highest BCUT2D eigenvalue weighted by atomic mass is 35.5. The average Bonchev–Trinajstić information content (AvgIpc) is 2.89. The molecule has 1 N–H and O–H groups in total. The molecular formula is C23H22ClF4N7O3. The molecule has 0 unspecified atom stereocenters. The van der Waals surface area contributed by atoms with Crippen LogP contribution in [0.5, 0.6) is 0 Å². The molecule has 2 aliphatic rings. The second-order valence-electron chi connectivity index (χ2n) is 8.97. The Kier molecular flexibility index (Phi) is 7.09. The largest absolute Gasteiger partial charge is 0.419 e. The van der Waals surface area contributed by atoms with Gasteiger partial charge in [-0.05, 0) is 12.1 Å². The fourth-order valence-corrected chi connectivity index (χ4v) is 4.78. The van der Waals surface area contributed by atoms with Crippen LogP contribution < -0.4 is 15.4 Å². The van der Waals surface area contributed by atoms with Gasteiger partial charge in [-0.25, -0.2) is 19.5 Å². The van der Waals surface area contributed by atoms with Crippen LogP contribution in [-0.2, 0) is 15.7 Å². The predicted octanol–water partition coefficient (Wildman–Crippen LogP) is 2.47. The zero-order valence-electron chi connectivity index (χ0n) is 19.8. The van der Waals surface area contributed by atoms with E-state index in [4.69, 9.17) is 16.3 Å². The molecule has 2 aliphatic heterocycles. The molecule has 0 spiro atoms. The molecule has 10 nitrogen and oxygen atoms in total. The van der Waals surface area contributed by atoms with E-state index >= 15 is 0 Å². The van der Waals surface area contributed by atoms with Gasteiger partial charge in [-0.15, -0.1) is 0 Å². The molecule has 5 rings (SSSR count). The normalized spacial score (nSPS) is 18.8. The highest BCUT2D eigenvalue weighted by Crippen LogP contribution is 2.30. The Bertz CT molecular complexity index is 1390. The molecule has 202 valence electrons. The molecule has 4 heterocycles. The number of anilines is 2. The van der Waals surface area contributed by atoms with E-state index < -0.39 is 29.2 Å². The summed E-state index contributed by atoms with van der Waals surface area (Å²) in [5.41, 5.74) is -1.49. The minimum atomic E-state index is -4.51. The number of carbonyl (C=O) groups is 1. The third kappa shape index (κ3) is 5.36. The van der Waals surface area contributed by atoms with Crippen LogP contribution in [-0.4, -0.2) is 83.0 Å². The lowest BCUT2D eigenvalue weighted by atomic mass is 10.1. The Hall–Kier alpha value is -3.52. The van der Waals surface area contributed by atoms with Gasteiger partial charge in [-0.1, -0.05) is 11.6 Å². The number of morpholine rings is 1. The smallest absolute Gasteiger partial charge is 0.374 e. The number of aromatic nitrogens is 4. The summed E-state index contributed by atoms with van der Waals surface area (Å²) in [6.45, 7) is 2.33. The quantitative estimate of drug-likeness (QED) is 0.489. The third-order valence-electron chi connectivity index (χ3n) is 6.51. The molecule has 2 fully saturated rings. The second kappa shape index (κ2) is 10.3. The minimum Gasteiger partial charge on any atom is -0.374 e. The summed E-state index contributed by atoms with van der Waals surface area (Å²) in [6, 6.07) is 2.49. The van der Waals surface area contributed by atoms with Crippen molar-refractivity contribution in [2.24, 2.45) is 0 Å². The number of halogens is 5. The van der Waals surface area contributed by atoms with Crippen molar-refractivity contribution < 1.29 is 27.1 Å². The number of nitrogens with zero attached hydrogens (tertiary/aromatic N) is 6. The van der Waals surface area contributed by atoms with Crippen LogP contribution in [0.1, 0.15) is 12.0 Å². The number of amides is 1. The van der Waals surface area contributed by atoms with E-state index in [0.29, 0.717) is 32.7 Å². The standard InChI is InChI=1S/C23H22ClF4N7O3/c24-14-7-16-19(17(25)8-14)20(31-32-21(16)37)35-5-6-38-15(12-35)9-18(36)33-1-3-34(4-2-33)22-29-10-13(11-30-22)23(26,27)28/h7-8,10-11,15H,1-6,9,12H2,(H,32,37)/t15-/m0/s1. The van der Waals surface area contributed by atoms with Gasteiger partial charge in [0.15, 0.2) is 5.82 Å². The van der Waals surface area contributed by atoms with Crippen molar-refractivity contribution in [3.05, 3.63) is 51.3 Å². The molecule has 2 aromatic heterocycles. The molecule has 1 atom stereocenters. The maximum absolute atomic E-state index is 14.8. The van der Waals surface area contributed by atoms with Crippen LogP contribution in [0.3, 0.4) is 0 Å². The first-order chi connectivity index (χ1) is 18.1. The topological polar surface area (TPSA) is 108 Å². The summed E-state index contributed by atoms with van der Waals surface area (Å²) in [7, 11) is 0. The van der Waals surface area contributed by atoms with E-state index in [2.05, 4.69) is 20.2 Å². The second-order valence-corrected chi connectivity index (χ2v) is 9.40. The zero-order chi connectivity index (χ0) is 27.0. The number of ether oxygens (including phenoxy) is 1. The molecule has 2 saturated heterocycles. The average molecular weight is 556 g/mol. The lowest BCUT2D eigenvalue weighted by Gasteiger charge is -2.37. The SMILES string of the molecule is O=C(C[C@H]1CN(c2n[nH]c(=O)c3cc(Cl)cc(F)c23)CCO1)N1CCN(c2ncc(C(F)(F)F)cn2)CC1. The number of benzene rings is 1. The molecule has 15 heteroatoms. The van der Waals surface area contributed by atoms with Crippen molar-refractivity contribution in [3.63, 3.8) is 0 Å². The lowest BCUT2D eigenvalue weighted by molar-refractivity contribution is -0.138. The maximum Gasteiger partial charge on any atom is 0.419 e. The molecule has 0 aliphatic carbocycles. The summed E-state index contributed by atoms with van der Waals surface area (Å²) in [6.07, 6.45) is -3.45. The van der Waals surface area contributed by atoms with Crippen LogP contribution in [0.25, 0.3) is 10.8 Å². The zero-order valence-corrected chi connectivity index (χ0v) is 20.6. The Labute approximate surface area is 218 Å². The van der Waals surface area contributed by atoms with Crippen molar-refractivity contribution in [2.45, 2.75) is 18.7 Å². The number of carbonyl (C=O) groups excluding carboxylic acids is 1. The van der Waals surface area contributed by atoms with E-state index in [-0.39, 0.29) is 53.0 Å². The van der Waals surface area contributed by atoms with Crippen LogP contribution in [0.4, 0.5) is 29.3 Å². The van der Waals surface area contributed by atoms with Crippen LogP contribution in [0.15, 0.2) is 29.3 Å². The molecule has 3 aromatic rings. The number of hydrogen-bond donors (Lipinski definition) is 1. The van der Waals surface area contributed by atoms with E-state index in [1.807, 2.05) is 0 Å². The van der Waals surface area contributed by atoms with Gasteiger partial charge in [0.1, 0.15) is 5.82 Å². The number of rotatable bonds is 4. The van der Waals surface area contributed by atoms with E-state index in [1.165, 1.54) is 6.07 Å². The number of aromatic amines is 1. The van der Waals surface area contributed by atoms with Crippen LogP contribution >= 0.6 is 11.6 Å². The van der Waals surface area contributed by atoms with Gasteiger partial charge in [-0.3, -0.25) is 9.59 Å². The predicted molar refractivity (Wildman–Crippen MR) is 130 cm³/mol. The maximum atomic E-state index is 14.8. The Morgan fingerprint density at radius 3 is 2.50 bits per heavy atom. The van der Waals surface area contributed by atoms with Gasteiger partial charge in [0.2, 0.25) is 11.9 Å². The van der Waals surface area contributed by atoms with Gasteiger partial charge in [0.25, 0.3) is 5.56 Å². The monoisotopic (exact) mass is 555 g/mol. The molecule has 0 radical (unpaired) electrons. The molecule has 0 saturated carbocycles. The first-order valence-corrected chi connectivity index (χ1v) is 12.1. The summed E-state index contributed by atoms with van der Waals surface area (Å²) >= 11 is 5.91. The van der Waals surface area contributed by atoms with E-state index in [0.717, 1.165) is 18.5 Å². The van der Waals surface area contributed by atoms with Gasteiger partial charge in [-0.2, -0.15) is 18.3 Å². The minimum absolute atomic E-state index is 0.0479. The fraction of sp³-hybridized carbons (Fsp3) is 0.435. The van der Waals surface area contributed by atoms with E-state index in [1.54, 1.807) is 14.7 Å². The van der Waals surface area contributed by atoms with Gasteiger partial charge >= 0.3 is 6.18 Å². The number of H-pyrrole nitrogens is 1. The first-order valence-electron chi connectivity index (χ1n) is 11.8. The number of nitrogens with one attached hydrogen (secondary N) is 1. The Morgan fingerprint density at radius 1 is 1.11 bits per heavy atom. The van der Waals surface area contributed by atoms with Crippen molar-refractivity contribution in [1.29, 1.82) is 0 Å². The number of piperazine rings is 1. The number of hydrogen-bond acceptors (Lipinski definition) is 8. The molecule has 0 bridgehead atoms. The summed E-state index contributed by atoms with van der Waals surface area (Å²) < 4.78 is 58.8. The van der Waals surface area contributed by atoms with Gasteiger partial charge < -0.3 is 19.4 Å². The lowest BCUT2D eigenvalue weighted by Crippen LogP contribution is -2.51. The van der Waals surface area contributed by atoms with Crippen LogP contribution in [0, 0.1) is 5.82 Å². The number of alkyl halides is 3. The van der Waals surface area contributed by atoms with Crippen LogP contribution in [0.2, 0.25) is 5.02 Å². The van der Waals surface area contributed by atoms with E-state index in [9.17, 15) is 27.2 Å². The molecule has 1 aromatic carbocycles. The fourth-order valence-electron chi connectivity index (χ4n) is 4.57. The van der Waals surface area contributed by atoms with Crippen molar-refractivity contribution >= 4 is 40.0 Å². The Balaban J connectivity index is 1.21. The first kappa shape index (κ1) is 26.1. The number of fused-ring (bicyclic) bond motifs is 1. The van der Waals surface area contributed by atoms with Crippen molar-refractivity contribution in [3.8, 4) is 0 Å². The molecule has 38 heavy (non-hydrogen) atoms. The third-order valence-corrected chi connectivity index (χ3v) is 6.73. The highest BCUT2D eigenvalue weighted by Gasteiger charge is 2.33. The van der Waals surface area contributed by atoms with Crippen molar-refractivity contribution in [2.75, 3.05) is 55.7 Å². The Morgan fingerprint density at radius 2 is 1.82 bits per heavy atom. The molecular weight excluding hydrogens is 534 g/mol. The van der Waals surface area contributed by atoms with Gasteiger partial charge in [0, 0.05) is 56.7 Å². The van der Waals surface area contributed by atoms with Crippen molar-refractivity contribution in [1.82, 2.24) is 25.1 Å². The molecule has 1 amide bonds. The van der Waals surface area contributed by atoms with Gasteiger partial charge in [0.05, 0.1) is 35.5 Å². The highest BCUT2D eigenvalue weighted by molar-refractivity contribution is 6.31.